The summed E-state index contributed by atoms with van der Waals surface area (Å²) in [6.07, 6.45) is 5.09. The van der Waals surface area contributed by atoms with E-state index in [1.807, 2.05) is 31.2 Å². The van der Waals surface area contributed by atoms with Gasteiger partial charge < -0.3 is 20.3 Å². The zero-order chi connectivity index (χ0) is 25.8. The van der Waals surface area contributed by atoms with Crippen molar-refractivity contribution >= 4 is 11.9 Å². The SMILES string of the molecule is Cc1ccccc1Oc1nc(N2C(C)(C)CCCC2(C)C)nc(N2C(C)(C)CC(N)CC2(C)C)n1. The van der Waals surface area contributed by atoms with E-state index in [-0.39, 0.29) is 28.2 Å². The summed E-state index contributed by atoms with van der Waals surface area (Å²) >= 11 is 0. The van der Waals surface area contributed by atoms with E-state index in [1.54, 1.807) is 0 Å². The van der Waals surface area contributed by atoms with Gasteiger partial charge in [-0.15, -0.1) is 0 Å². The summed E-state index contributed by atoms with van der Waals surface area (Å²) in [5, 5.41) is 0. The number of benzene rings is 1. The molecule has 2 aromatic rings. The van der Waals surface area contributed by atoms with Gasteiger partial charge in [0.2, 0.25) is 11.9 Å². The Kier molecular flexibility index (Phi) is 6.32. The first-order valence-corrected chi connectivity index (χ1v) is 13.0. The van der Waals surface area contributed by atoms with E-state index in [4.69, 9.17) is 25.4 Å². The number of anilines is 2. The number of rotatable bonds is 4. The Bertz CT molecular complexity index is 1040. The van der Waals surface area contributed by atoms with Crippen molar-refractivity contribution in [1.29, 1.82) is 0 Å². The van der Waals surface area contributed by atoms with Crippen LogP contribution in [0.4, 0.5) is 11.9 Å². The minimum Gasteiger partial charge on any atom is -0.424 e. The van der Waals surface area contributed by atoms with Crippen LogP contribution in [-0.4, -0.2) is 43.1 Å². The van der Waals surface area contributed by atoms with E-state index in [1.165, 1.54) is 6.42 Å². The molecule has 35 heavy (non-hydrogen) atoms. The number of aromatic nitrogens is 3. The molecule has 7 heteroatoms. The van der Waals surface area contributed by atoms with Crippen LogP contribution in [0, 0.1) is 6.92 Å². The maximum atomic E-state index is 6.48. The number of para-hydroxylation sites is 1. The van der Waals surface area contributed by atoms with Gasteiger partial charge in [-0.3, -0.25) is 0 Å². The first-order valence-electron chi connectivity index (χ1n) is 13.0. The zero-order valence-corrected chi connectivity index (χ0v) is 23.1. The molecule has 0 amide bonds. The van der Waals surface area contributed by atoms with Crippen molar-refractivity contribution in [3.05, 3.63) is 29.8 Å². The molecule has 2 saturated heterocycles. The van der Waals surface area contributed by atoms with E-state index in [0.29, 0.717) is 17.9 Å². The lowest BCUT2D eigenvalue weighted by atomic mass is 9.77. The fourth-order valence-electron chi connectivity index (χ4n) is 6.79. The molecule has 2 fully saturated rings. The van der Waals surface area contributed by atoms with Gasteiger partial charge in [0.15, 0.2) is 0 Å². The van der Waals surface area contributed by atoms with Crippen molar-refractivity contribution in [3.63, 3.8) is 0 Å². The summed E-state index contributed by atoms with van der Waals surface area (Å²) in [6.45, 7) is 20.1. The Morgan fingerprint density at radius 2 is 1.26 bits per heavy atom. The maximum Gasteiger partial charge on any atom is 0.328 e. The van der Waals surface area contributed by atoms with Gasteiger partial charge in [-0.1, -0.05) is 18.2 Å². The van der Waals surface area contributed by atoms with E-state index >= 15 is 0 Å². The molecule has 2 N–H and O–H groups in total. The number of nitrogens with zero attached hydrogens (tertiary/aromatic N) is 5. The van der Waals surface area contributed by atoms with Crippen LogP contribution in [0.25, 0.3) is 0 Å². The predicted molar refractivity (Wildman–Crippen MR) is 143 cm³/mol. The molecule has 0 atom stereocenters. The van der Waals surface area contributed by atoms with Crippen LogP contribution in [0.1, 0.15) is 93.1 Å². The zero-order valence-electron chi connectivity index (χ0n) is 23.1. The van der Waals surface area contributed by atoms with Crippen LogP contribution >= 0.6 is 0 Å². The predicted octanol–water partition coefficient (Wildman–Crippen LogP) is 6.00. The summed E-state index contributed by atoms with van der Waals surface area (Å²) in [6, 6.07) is 8.44. The fraction of sp³-hybridized carbons (Fsp3) is 0.679. The van der Waals surface area contributed by atoms with Crippen LogP contribution < -0.4 is 20.3 Å². The van der Waals surface area contributed by atoms with E-state index in [0.717, 1.165) is 37.0 Å². The normalized spacial score (nSPS) is 23.3. The minimum absolute atomic E-state index is 0.0877. The van der Waals surface area contributed by atoms with Crippen molar-refractivity contribution in [2.45, 2.75) is 123 Å². The van der Waals surface area contributed by atoms with Crippen molar-refractivity contribution < 1.29 is 4.74 Å². The number of ether oxygens (including phenoxy) is 1. The smallest absolute Gasteiger partial charge is 0.328 e. The van der Waals surface area contributed by atoms with Crippen LogP contribution in [0.3, 0.4) is 0 Å². The van der Waals surface area contributed by atoms with Crippen LogP contribution in [-0.2, 0) is 0 Å². The highest BCUT2D eigenvalue weighted by molar-refractivity contribution is 5.49. The molecule has 4 rings (SSSR count). The van der Waals surface area contributed by atoms with Crippen LogP contribution in [0.2, 0.25) is 0 Å². The van der Waals surface area contributed by atoms with Crippen molar-refractivity contribution in [2.24, 2.45) is 5.73 Å². The molecule has 7 nitrogen and oxygen atoms in total. The third-order valence-corrected chi connectivity index (χ3v) is 7.81. The molecule has 2 aliphatic rings. The highest BCUT2D eigenvalue weighted by Gasteiger charge is 2.47. The van der Waals surface area contributed by atoms with Gasteiger partial charge >= 0.3 is 6.01 Å². The molecule has 3 heterocycles. The molecule has 192 valence electrons. The second-order valence-electron chi connectivity index (χ2n) is 13.0. The molecule has 0 saturated carbocycles. The van der Waals surface area contributed by atoms with Gasteiger partial charge in [-0.25, -0.2) is 0 Å². The quantitative estimate of drug-likeness (QED) is 0.574. The van der Waals surface area contributed by atoms with Gasteiger partial charge in [-0.2, -0.15) is 15.0 Å². The molecular weight excluding hydrogens is 436 g/mol. The van der Waals surface area contributed by atoms with Crippen LogP contribution in [0.15, 0.2) is 24.3 Å². The monoisotopic (exact) mass is 480 g/mol. The highest BCUT2D eigenvalue weighted by Crippen LogP contribution is 2.44. The van der Waals surface area contributed by atoms with Crippen molar-refractivity contribution in [1.82, 2.24) is 15.0 Å². The lowest BCUT2D eigenvalue weighted by Gasteiger charge is -2.55. The lowest BCUT2D eigenvalue weighted by Crippen LogP contribution is -2.64. The Balaban J connectivity index is 1.89. The Hall–Kier alpha value is -2.41. The van der Waals surface area contributed by atoms with Crippen molar-refractivity contribution in [3.8, 4) is 11.8 Å². The Morgan fingerprint density at radius 3 is 1.77 bits per heavy atom. The van der Waals surface area contributed by atoms with Gasteiger partial charge in [0.1, 0.15) is 5.75 Å². The average molecular weight is 481 g/mol. The van der Waals surface area contributed by atoms with Gasteiger partial charge in [0, 0.05) is 28.2 Å². The summed E-state index contributed by atoms with van der Waals surface area (Å²) in [5.74, 6) is 2.08. The highest BCUT2D eigenvalue weighted by atomic mass is 16.5. The third-order valence-electron chi connectivity index (χ3n) is 7.81. The number of piperidine rings is 2. The third kappa shape index (κ3) is 4.97. The standard InChI is InChI=1S/C28H44N6O/c1-19-13-10-11-14-21(19)35-24-31-22(33-25(2,3)15-12-16-26(33,4)5)30-23(32-24)34-27(6,7)17-20(29)18-28(34,8)9/h10-11,13-14,20H,12,15-18,29H2,1-9H3. The summed E-state index contributed by atoms with van der Waals surface area (Å²) < 4.78 is 6.33. The molecular formula is C28H44N6O. The number of hydrogen-bond acceptors (Lipinski definition) is 7. The lowest BCUT2D eigenvalue weighted by molar-refractivity contribution is 0.214. The Labute approximate surface area is 211 Å². The van der Waals surface area contributed by atoms with Crippen molar-refractivity contribution in [2.75, 3.05) is 9.80 Å². The maximum absolute atomic E-state index is 6.48. The average Bonchev–Trinajstić information content (AvgIpc) is 2.66. The largest absolute Gasteiger partial charge is 0.424 e. The molecule has 0 bridgehead atoms. The first-order chi connectivity index (χ1) is 16.1. The van der Waals surface area contributed by atoms with Gasteiger partial charge in [0.25, 0.3) is 0 Å². The van der Waals surface area contributed by atoms with Crippen LogP contribution in [0.5, 0.6) is 11.8 Å². The molecule has 0 unspecified atom stereocenters. The van der Waals surface area contributed by atoms with E-state index < -0.39 is 0 Å². The van der Waals surface area contributed by atoms with Gasteiger partial charge in [-0.05, 0) is 106 Å². The summed E-state index contributed by atoms with van der Waals surface area (Å²) in [4.78, 5) is 19.7. The summed E-state index contributed by atoms with van der Waals surface area (Å²) in [5.41, 5.74) is 6.91. The molecule has 1 aromatic heterocycles. The Morgan fingerprint density at radius 1 is 0.771 bits per heavy atom. The number of aryl methyl sites for hydroxylation is 1. The topological polar surface area (TPSA) is 80.4 Å². The first kappa shape index (κ1) is 25.7. The summed E-state index contributed by atoms with van der Waals surface area (Å²) in [7, 11) is 0. The molecule has 0 spiro atoms. The molecule has 0 aliphatic carbocycles. The second-order valence-corrected chi connectivity index (χ2v) is 13.0. The number of hydrogen-bond donors (Lipinski definition) is 1. The molecule has 2 aliphatic heterocycles. The minimum atomic E-state index is -0.216. The fourth-order valence-corrected chi connectivity index (χ4v) is 6.79. The van der Waals surface area contributed by atoms with Gasteiger partial charge in [0.05, 0.1) is 0 Å². The second kappa shape index (κ2) is 8.61. The van der Waals surface area contributed by atoms with E-state index in [9.17, 15) is 0 Å². The molecule has 1 aromatic carbocycles. The van der Waals surface area contributed by atoms with E-state index in [2.05, 4.69) is 65.2 Å². The molecule has 0 radical (unpaired) electrons. The number of nitrogens with two attached hydrogens (primary N) is 1.